The smallest absolute Gasteiger partial charge is 0.138 e. The number of nitrogens with zero attached hydrogens (tertiary/aromatic N) is 1. The normalized spacial score (nSPS) is 11.3. The molecule has 10 aromatic carbocycles. The van der Waals surface area contributed by atoms with Gasteiger partial charge in [0.25, 0.3) is 0 Å². The average Bonchev–Trinajstić information content (AvgIpc) is 3.71. The summed E-state index contributed by atoms with van der Waals surface area (Å²) >= 11 is 0. The molecule has 1 heterocycles. The Balaban J connectivity index is 0.874. The zero-order chi connectivity index (χ0) is 42.1. The van der Waals surface area contributed by atoms with Crippen LogP contribution in [0.5, 0.6) is 0 Å². The number of anilines is 3. The van der Waals surface area contributed by atoms with Gasteiger partial charge in [-0.15, -0.1) is 0 Å². The fourth-order valence-corrected chi connectivity index (χ4v) is 8.95. The monoisotopic (exact) mass is 805 g/mol. The van der Waals surface area contributed by atoms with Crippen molar-refractivity contribution in [2.75, 3.05) is 4.90 Å². The minimum absolute atomic E-state index is 0.919. The molecule has 298 valence electrons. The minimum atomic E-state index is 0.919. The average molecular weight is 806 g/mol. The van der Waals surface area contributed by atoms with Crippen LogP contribution in [0.25, 0.3) is 88.7 Å². The van der Waals surface area contributed by atoms with Crippen LogP contribution in [0.2, 0.25) is 0 Å². The lowest BCUT2D eigenvalue weighted by Crippen LogP contribution is -2.09. The molecule has 0 unspecified atom stereocenters. The van der Waals surface area contributed by atoms with Gasteiger partial charge in [-0.2, -0.15) is 0 Å². The standard InChI is InChI=1S/C61H43NO/c1-42-57-17-7-8-20-60(57)63-61(42)53-16-9-15-52(41-53)49-23-21-44(22-24-49)47-31-37-55(38-32-47)62(54-35-29-46(30-36-54)43-11-3-2-4-12-43)56-39-33-48(34-40-56)45-25-27-51(28-26-45)59-19-10-14-50-13-5-6-18-58(50)59/h2-41H,1H3. The van der Waals surface area contributed by atoms with E-state index in [0.29, 0.717) is 0 Å². The predicted octanol–water partition coefficient (Wildman–Crippen LogP) is 17.4. The third kappa shape index (κ3) is 7.39. The van der Waals surface area contributed by atoms with E-state index in [1.165, 1.54) is 66.4 Å². The van der Waals surface area contributed by atoms with Crippen LogP contribution in [0.1, 0.15) is 5.56 Å². The second-order valence-electron chi connectivity index (χ2n) is 16.2. The maximum absolute atomic E-state index is 6.31. The van der Waals surface area contributed by atoms with Crippen LogP contribution in [0.15, 0.2) is 247 Å². The Hall–Kier alpha value is -8.20. The Bertz CT molecular complexity index is 3340. The lowest BCUT2D eigenvalue weighted by Gasteiger charge is -2.26. The zero-order valence-corrected chi connectivity index (χ0v) is 34.9. The fourth-order valence-electron chi connectivity index (χ4n) is 8.95. The van der Waals surface area contributed by atoms with Crippen molar-refractivity contribution in [3.63, 3.8) is 0 Å². The Kier molecular flexibility index (Phi) is 9.80. The van der Waals surface area contributed by atoms with Crippen molar-refractivity contribution in [1.82, 2.24) is 0 Å². The number of aryl methyl sites for hydroxylation is 1. The Labute approximate surface area is 368 Å². The van der Waals surface area contributed by atoms with E-state index in [-0.39, 0.29) is 0 Å². The maximum atomic E-state index is 6.31. The molecule has 11 rings (SSSR count). The summed E-state index contributed by atoms with van der Waals surface area (Å²) in [7, 11) is 0. The van der Waals surface area contributed by atoms with Gasteiger partial charge >= 0.3 is 0 Å². The molecule has 11 aromatic rings. The van der Waals surface area contributed by atoms with Crippen molar-refractivity contribution in [3.05, 3.63) is 248 Å². The van der Waals surface area contributed by atoms with Gasteiger partial charge in [-0.3, -0.25) is 0 Å². The summed E-state index contributed by atoms with van der Waals surface area (Å²) in [6, 6.07) is 87.1. The zero-order valence-electron chi connectivity index (χ0n) is 34.9. The quantitative estimate of drug-likeness (QED) is 0.144. The van der Waals surface area contributed by atoms with Gasteiger partial charge in [-0.25, -0.2) is 0 Å². The van der Waals surface area contributed by atoms with Crippen molar-refractivity contribution >= 4 is 38.8 Å². The largest absolute Gasteiger partial charge is 0.456 e. The highest BCUT2D eigenvalue weighted by molar-refractivity contribution is 5.97. The van der Waals surface area contributed by atoms with Crippen molar-refractivity contribution in [3.8, 4) is 67.0 Å². The molecule has 0 aliphatic carbocycles. The van der Waals surface area contributed by atoms with Gasteiger partial charge in [-0.1, -0.05) is 194 Å². The van der Waals surface area contributed by atoms with E-state index < -0.39 is 0 Å². The number of furan rings is 1. The molecule has 0 aliphatic heterocycles. The molecule has 2 heteroatoms. The molecule has 0 bridgehead atoms. The van der Waals surface area contributed by atoms with Crippen LogP contribution < -0.4 is 4.90 Å². The molecule has 0 spiro atoms. The van der Waals surface area contributed by atoms with Crippen LogP contribution in [0.3, 0.4) is 0 Å². The summed E-state index contributed by atoms with van der Waals surface area (Å²) in [5.74, 6) is 0.926. The molecule has 0 N–H and O–H groups in total. The molecule has 2 nitrogen and oxygen atoms in total. The van der Waals surface area contributed by atoms with Crippen molar-refractivity contribution < 1.29 is 4.42 Å². The fraction of sp³-hybridized carbons (Fsp3) is 0.0164. The first-order valence-electron chi connectivity index (χ1n) is 21.6. The maximum Gasteiger partial charge on any atom is 0.138 e. The topological polar surface area (TPSA) is 16.4 Å². The third-order valence-electron chi connectivity index (χ3n) is 12.3. The van der Waals surface area contributed by atoms with Crippen molar-refractivity contribution in [2.45, 2.75) is 6.92 Å². The number of para-hydroxylation sites is 1. The summed E-state index contributed by atoms with van der Waals surface area (Å²) in [4.78, 5) is 2.34. The van der Waals surface area contributed by atoms with Crippen LogP contribution >= 0.6 is 0 Å². The first kappa shape index (κ1) is 37.8. The molecule has 0 radical (unpaired) electrons. The van der Waals surface area contributed by atoms with E-state index in [0.717, 1.165) is 44.9 Å². The molecule has 0 saturated carbocycles. The van der Waals surface area contributed by atoms with Gasteiger partial charge in [-0.05, 0) is 122 Å². The van der Waals surface area contributed by atoms with E-state index in [1.54, 1.807) is 0 Å². The first-order valence-corrected chi connectivity index (χ1v) is 21.6. The Morgan fingerprint density at radius 3 is 1.27 bits per heavy atom. The van der Waals surface area contributed by atoms with Gasteiger partial charge in [0.05, 0.1) is 0 Å². The first-order chi connectivity index (χ1) is 31.1. The lowest BCUT2D eigenvalue weighted by atomic mass is 9.96. The highest BCUT2D eigenvalue weighted by atomic mass is 16.3. The Morgan fingerprint density at radius 2 is 0.698 bits per heavy atom. The number of fused-ring (bicyclic) bond motifs is 2. The van der Waals surface area contributed by atoms with Crippen LogP contribution in [-0.4, -0.2) is 0 Å². The molecule has 0 fully saturated rings. The number of hydrogen-bond donors (Lipinski definition) is 0. The summed E-state index contributed by atoms with van der Waals surface area (Å²) in [5, 5.41) is 3.68. The Morgan fingerprint density at radius 1 is 0.302 bits per heavy atom. The summed E-state index contributed by atoms with van der Waals surface area (Å²) in [5.41, 5.74) is 18.3. The van der Waals surface area contributed by atoms with Gasteiger partial charge < -0.3 is 9.32 Å². The van der Waals surface area contributed by atoms with Gasteiger partial charge in [0.2, 0.25) is 0 Å². The highest BCUT2D eigenvalue weighted by Crippen LogP contribution is 2.39. The van der Waals surface area contributed by atoms with Gasteiger partial charge in [0.15, 0.2) is 0 Å². The van der Waals surface area contributed by atoms with E-state index >= 15 is 0 Å². The van der Waals surface area contributed by atoms with E-state index in [1.807, 2.05) is 12.1 Å². The van der Waals surface area contributed by atoms with Crippen molar-refractivity contribution in [1.29, 1.82) is 0 Å². The number of rotatable bonds is 9. The molecular formula is C61H43NO. The van der Waals surface area contributed by atoms with E-state index in [4.69, 9.17) is 4.42 Å². The number of hydrogen-bond acceptors (Lipinski definition) is 2. The minimum Gasteiger partial charge on any atom is -0.456 e. The predicted molar refractivity (Wildman–Crippen MR) is 266 cm³/mol. The van der Waals surface area contributed by atoms with Gasteiger partial charge in [0, 0.05) is 33.6 Å². The second kappa shape index (κ2) is 16.3. The summed E-state index contributed by atoms with van der Waals surface area (Å²) in [6.07, 6.45) is 0. The molecule has 63 heavy (non-hydrogen) atoms. The molecule has 0 amide bonds. The van der Waals surface area contributed by atoms with Crippen LogP contribution in [0.4, 0.5) is 17.1 Å². The molecule has 0 saturated heterocycles. The van der Waals surface area contributed by atoms with E-state index in [9.17, 15) is 0 Å². The molecule has 1 aromatic heterocycles. The van der Waals surface area contributed by atoms with Crippen LogP contribution in [0, 0.1) is 6.92 Å². The molecule has 0 aliphatic rings. The summed E-state index contributed by atoms with van der Waals surface area (Å²) in [6.45, 7) is 2.14. The third-order valence-corrected chi connectivity index (χ3v) is 12.3. The van der Waals surface area contributed by atoms with Crippen LogP contribution in [-0.2, 0) is 0 Å². The van der Waals surface area contributed by atoms with Crippen molar-refractivity contribution in [2.24, 2.45) is 0 Å². The molecule has 0 atom stereocenters. The second-order valence-corrected chi connectivity index (χ2v) is 16.2. The SMILES string of the molecule is Cc1c(-c2cccc(-c3ccc(-c4ccc(N(c5ccc(-c6ccccc6)cc5)c5ccc(-c6ccc(-c7cccc8ccccc78)cc6)cc5)cc4)cc3)c2)oc2ccccc12. The number of benzene rings is 10. The van der Waals surface area contributed by atoms with E-state index in [2.05, 4.69) is 242 Å². The molecular weight excluding hydrogens is 763 g/mol. The summed E-state index contributed by atoms with van der Waals surface area (Å²) < 4.78 is 6.31. The lowest BCUT2D eigenvalue weighted by molar-refractivity contribution is 0.629. The highest BCUT2D eigenvalue weighted by Gasteiger charge is 2.16. The van der Waals surface area contributed by atoms with Gasteiger partial charge in [0.1, 0.15) is 11.3 Å².